The summed E-state index contributed by atoms with van der Waals surface area (Å²) in [6.45, 7) is 2.08. The Kier molecular flexibility index (Phi) is 5.06. The maximum atomic E-state index is 13.5. The van der Waals surface area contributed by atoms with Crippen molar-refractivity contribution in [2.45, 2.75) is 25.7 Å². The minimum Gasteiger partial charge on any atom is -0.342 e. The molecule has 1 aliphatic rings. The van der Waals surface area contributed by atoms with Gasteiger partial charge in [-0.2, -0.15) is 0 Å². The first kappa shape index (κ1) is 14.9. The van der Waals surface area contributed by atoms with Gasteiger partial charge < -0.3 is 10.6 Å². The highest BCUT2D eigenvalue weighted by Gasteiger charge is 2.23. The number of rotatable bonds is 4. The van der Waals surface area contributed by atoms with Gasteiger partial charge in [0.05, 0.1) is 6.42 Å². The van der Waals surface area contributed by atoms with Crippen molar-refractivity contribution in [2.24, 2.45) is 11.7 Å². The normalized spacial score (nSPS) is 16.4. The maximum absolute atomic E-state index is 13.5. The average molecular weight is 282 g/mol. The fourth-order valence-electron chi connectivity index (χ4n) is 2.65. The lowest BCUT2D eigenvalue weighted by Gasteiger charge is -2.32. The number of nitrogens with two attached hydrogens (primary N) is 1. The third-order valence-corrected chi connectivity index (χ3v) is 3.90. The summed E-state index contributed by atoms with van der Waals surface area (Å²) in [4.78, 5) is 13.9. The molecule has 1 heterocycles. The Morgan fingerprint density at radius 1 is 1.30 bits per heavy atom. The van der Waals surface area contributed by atoms with E-state index in [1.54, 1.807) is 4.90 Å². The molecule has 1 aromatic rings. The van der Waals surface area contributed by atoms with Crippen LogP contribution in [0.3, 0.4) is 0 Å². The number of halogens is 2. The second-order valence-corrected chi connectivity index (χ2v) is 5.31. The molecule has 0 aliphatic carbocycles. The average Bonchev–Trinajstić information content (AvgIpc) is 2.43. The van der Waals surface area contributed by atoms with Crippen molar-refractivity contribution in [3.63, 3.8) is 0 Å². The van der Waals surface area contributed by atoms with E-state index in [4.69, 9.17) is 5.73 Å². The number of amides is 1. The smallest absolute Gasteiger partial charge is 0.227 e. The van der Waals surface area contributed by atoms with Gasteiger partial charge in [-0.25, -0.2) is 8.78 Å². The molecule has 5 heteroatoms. The molecule has 0 unspecified atom stereocenters. The summed E-state index contributed by atoms with van der Waals surface area (Å²) in [5.74, 6) is -0.786. The lowest BCUT2D eigenvalue weighted by Crippen LogP contribution is -2.39. The van der Waals surface area contributed by atoms with Crippen molar-refractivity contribution in [1.29, 1.82) is 0 Å². The second-order valence-electron chi connectivity index (χ2n) is 5.31. The van der Waals surface area contributed by atoms with Crippen LogP contribution in [0.5, 0.6) is 0 Å². The Balaban J connectivity index is 1.89. The van der Waals surface area contributed by atoms with Gasteiger partial charge in [0.25, 0.3) is 0 Å². The Hall–Kier alpha value is -1.49. The van der Waals surface area contributed by atoms with Gasteiger partial charge >= 0.3 is 0 Å². The Morgan fingerprint density at radius 3 is 2.60 bits per heavy atom. The van der Waals surface area contributed by atoms with Gasteiger partial charge in [0, 0.05) is 19.2 Å². The Morgan fingerprint density at radius 2 is 2.00 bits per heavy atom. The number of carbonyl (C=O) groups is 1. The van der Waals surface area contributed by atoms with Crippen LogP contribution in [0.1, 0.15) is 24.8 Å². The van der Waals surface area contributed by atoms with Gasteiger partial charge in [-0.05, 0) is 43.4 Å². The molecule has 0 spiro atoms. The van der Waals surface area contributed by atoms with Crippen LogP contribution in [0.4, 0.5) is 8.78 Å². The summed E-state index contributed by atoms with van der Waals surface area (Å²) < 4.78 is 26.3. The second kappa shape index (κ2) is 6.79. The van der Waals surface area contributed by atoms with E-state index in [1.807, 2.05) is 0 Å². The predicted octanol–water partition coefficient (Wildman–Crippen LogP) is 2.09. The minimum atomic E-state index is -0.656. The minimum absolute atomic E-state index is 0.00628. The molecule has 2 N–H and O–H groups in total. The summed E-state index contributed by atoms with van der Waals surface area (Å²) in [5.41, 5.74) is 5.78. The van der Waals surface area contributed by atoms with Gasteiger partial charge in [0.1, 0.15) is 11.6 Å². The molecule has 20 heavy (non-hydrogen) atoms. The molecule has 3 nitrogen and oxygen atoms in total. The number of carbonyl (C=O) groups excluding carboxylic acids is 1. The van der Waals surface area contributed by atoms with E-state index in [0.29, 0.717) is 25.6 Å². The van der Waals surface area contributed by atoms with Crippen molar-refractivity contribution in [3.05, 3.63) is 35.4 Å². The van der Waals surface area contributed by atoms with E-state index in [0.717, 1.165) is 25.3 Å². The zero-order chi connectivity index (χ0) is 14.5. The summed E-state index contributed by atoms with van der Waals surface area (Å²) in [6, 6.07) is 3.33. The van der Waals surface area contributed by atoms with E-state index < -0.39 is 11.6 Å². The van der Waals surface area contributed by atoms with Crippen LogP contribution in [0.15, 0.2) is 18.2 Å². The standard InChI is InChI=1S/C15H20F2N2O/c16-13-2-1-12(14(17)10-13)9-15(20)19-7-4-11(3-6-18)5-8-19/h1-2,10-11H,3-9,18H2. The monoisotopic (exact) mass is 282 g/mol. The van der Waals surface area contributed by atoms with Crippen LogP contribution in [0.2, 0.25) is 0 Å². The Labute approximate surface area is 117 Å². The van der Waals surface area contributed by atoms with Crippen LogP contribution in [-0.4, -0.2) is 30.4 Å². The zero-order valence-electron chi connectivity index (χ0n) is 11.4. The lowest BCUT2D eigenvalue weighted by molar-refractivity contribution is -0.131. The molecule has 0 atom stereocenters. The molecule has 110 valence electrons. The van der Waals surface area contributed by atoms with Gasteiger partial charge in [0.2, 0.25) is 5.91 Å². The highest BCUT2D eigenvalue weighted by Crippen LogP contribution is 2.21. The topological polar surface area (TPSA) is 46.3 Å². The summed E-state index contributed by atoms with van der Waals surface area (Å²) in [5, 5.41) is 0. The number of hydrogen-bond acceptors (Lipinski definition) is 2. The van der Waals surface area contributed by atoms with Crippen molar-refractivity contribution in [3.8, 4) is 0 Å². The number of benzene rings is 1. The van der Waals surface area contributed by atoms with Crippen LogP contribution >= 0.6 is 0 Å². The van der Waals surface area contributed by atoms with Gasteiger partial charge in [-0.3, -0.25) is 4.79 Å². The molecule has 0 bridgehead atoms. The molecular weight excluding hydrogens is 262 g/mol. The largest absolute Gasteiger partial charge is 0.342 e. The third-order valence-electron chi connectivity index (χ3n) is 3.90. The van der Waals surface area contributed by atoms with Crippen molar-refractivity contribution >= 4 is 5.91 Å². The van der Waals surface area contributed by atoms with E-state index in [1.165, 1.54) is 12.1 Å². The van der Waals surface area contributed by atoms with Gasteiger partial charge in [0.15, 0.2) is 0 Å². The fourth-order valence-corrected chi connectivity index (χ4v) is 2.65. The third kappa shape index (κ3) is 3.76. The zero-order valence-corrected chi connectivity index (χ0v) is 11.4. The molecular formula is C15H20F2N2O. The highest BCUT2D eigenvalue weighted by atomic mass is 19.1. The van der Waals surface area contributed by atoms with E-state index >= 15 is 0 Å². The van der Waals surface area contributed by atoms with Crippen LogP contribution < -0.4 is 5.73 Å². The van der Waals surface area contributed by atoms with Crippen molar-refractivity contribution in [2.75, 3.05) is 19.6 Å². The molecule has 1 aliphatic heterocycles. The quantitative estimate of drug-likeness (QED) is 0.919. The first-order chi connectivity index (χ1) is 9.60. The lowest BCUT2D eigenvalue weighted by atomic mass is 9.93. The van der Waals surface area contributed by atoms with E-state index in [-0.39, 0.29) is 17.9 Å². The summed E-state index contributed by atoms with van der Waals surface area (Å²) in [6.07, 6.45) is 2.89. The molecule has 1 aromatic carbocycles. The molecule has 0 saturated carbocycles. The van der Waals surface area contributed by atoms with Crippen molar-refractivity contribution in [1.82, 2.24) is 4.90 Å². The van der Waals surface area contributed by atoms with Crippen LogP contribution in [0, 0.1) is 17.6 Å². The molecule has 0 radical (unpaired) electrons. The summed E-state index contributed by atoms with van der Waals surface area (Å²) >= 11 is 0. The Bertz CT molecular complexity index is 471. The van der Waals surface area contributed by atoms with Gasteiger partial charge in [-0.15, -0.1) is 0 Å². The van der Waals surface area contributed by atoms with E-state index in [2.05, 4.69) is 0 Å². The highest BCUT2D eigenvalue weighted by molar-refractivity contribution is 5.78. The van der Waals surface area contributed by atoms with Crippen LogP contribution in [-0.2, 0) is 11.2 Å². The molecule has 0 aromatic heterocycles. The molecule has 1 amide bonds. The summed E-state index contributed by atoms with van der Waals surface area (Å²) in [7, 11) is 0. The first-order valence-electron chi connectivity index (χ1n) is 7.02. The maximum Gasteiger partial charge on any atom is 0.227 e. The fraction of sp³-hybridized carbons (Fsp3) is 0.533. The predicted molar refractivity (Wildman–Crippen MR) is 73.0 cm³/mol. The van der Waals surface area contributed by atoms with Crippen LogP contribution in [0.25, 0.3) is 0 Å². The number of likely N-dealkylation sites (tertiary alicyclic amines) is 1. The first-order valence-corrected chi connectivity index (χ1v) is 7.02. The van der Waals surface area contributed by atoms with Crippen molar-refractivity contribution < 1.29 is 13.6 Å². The number of piperidine rings is 1. The van der Waals surface area contributed by atoms with E-state index in [9.17, 15) is 13.6 Å². The molecule has 1 saturated heterocycles. The molecule has 2 rings (SSSR count). The SMILES string of the molecule is NCCC1CCN(C(=O)Cc2ccc(F)cc2F)CC1. The number of hydrogen-bond donors (Lipinski definition) is 1. The van der Waals surface area contributed by atoms with Gasteiger partial charge in [-0.1, -0.05) is 6.07 Å². The molecule has 1 fully saturated rings. The number of nitrogens with zero attached hydrogens (tertiary/aromatic N) is 1.